The highest BCUT2D eigenvalue weighted by molar-refractivity contribution is 5.81. The topological polar surface area (TPSA) is 68.5 Å². The summed E-state index contributed by atoms with van der Waals surface area (Å²) in [6.07, 6.45) is 0. The Morgan fingerprint density at radius 1 is 1.08 bits per heavy atom. The first-order valence-corrected chi connectivity index (χ1v) is 8.01. The summed E-state index contributed by atoms with van der Waals surface area (Å²) in [4.78, 5) is 23.4. The third kappa shape index (κ3) is 4.26. The maximum Gasteiger partial charge on any atom is 0.336 e. The summed E-state index contributed by atoms with van der Waals surface area (Å²) in [7, 11) is 0. The maximum atomic E-state index is 11.9. The molecular weight excluding hydrogens is 318 g/mol. The van der Waals surface area contributed by atoms with Gasteiger partial charge in [0.1, 0.15) is 11.3 Å². The summed E-state index contributed by atoms with van der Waals surface area (Å²) in [6, 6.07) is 14.6. The average molecular weight is 337 g/mol. The Kier molecular flexibility index (Phi) is 4.84. The minimum atomic E-state index is -0.405. The van der Waals surface area contributed by atoms with Crippen LogP contribution in [0, 0.1) is 13.8 Å². The van der Waals surface area contributed by atoms with Gasteiger partial charge < -0.3 is 14.5 Å². The van der Waals surface area contributed by atoms with Crippen LogP contribution in [0.1, 0.15) is 16.7 Å². The molecule has 1 N–H and O–H groups in total. The van der Waals surface area contributed by atoms with E-state index in [2.05, 4.69) is 5.32 Å². The zero-order valence-electron chi connectivity index (χ0n) is 14.2. The molecule has 2 aromatic carbocycles. The third-order valence-corrected chi connectivity index (χ3v) is 3.90. The van der Waals surface area contributed by atoms with E-state index in [-0.39, 0.29) is 12.5 Å². The molecule has 5 heteroatoms. The molecule has 0 fully saturated rings. The van der Waals surface area contributed by atoms with E-state index < -0.39 is 5.63 Å². The van der Waals surface area contributed by atoms with E-state index in [0.29, 0.717) is 17.9 Å². The van der Waals surface area contributed by atoms with Gasteiger partial charge in [-0.2, -0.15) is 0 Å². The van der Waals surface area contributed by atoms with Crippen LogP contribution in [0.2, 0.25) is 0 Å². The van der Waals surface area contributed by atoms with Crippen LogP contribution >= 0.6 is 0 Å². The number of hydrogen-bond donors (Lipinski definition) is 1. The van der Waals surface area contributed by atoms with Crippen LogP contribution in [0.5, 0.6) is 5.75 Å². The lowest BCUT2D eigenvalue weighted by molar-refractivity contribution is -0.123. The fourth-order valence-electron chi connectivity index (χ4n) is 2.50. The van der Waals surface area contributed by atoms with Crippen molar-refractivity contribution < 1.29 is 13.9 Å². The Hall–Kier alpha value is -3.08. The van der Waals surface area contributed by atoms with Gasteiger partial charge in [0, 0.05) is 24.1 Å². The SMILES string of the molecule is Cc1ccc(CNC(=O)COc2ccc3c(C)cc(=O)oc3c2)cc1. The largest absolute Gasteiger partial charge is 0.484 e. The molecule has 0 spiro atoms. The first-order valence-electron chi connectivity index (χ1n) is 8.01. The van der Waals surface area contributed by atoms with E-state index in [1.807, 2.05) is 44.2 Å². The molecule has 0 saturated heterocycles. The fraction of sp³-hybridized carbons (Fsp3) is 0.200. The second kappa shape index (κ2) is 7.21. The summed E-state index contributed by atoms with van der Waals surface area (Å²) >= 11 is 0. The van der Waals surface area contributed by atoms with Crippen LogP contribution in [0.4, 0.5) is 0 Å². The molecule has 1 heterocycles. The molecule has 1 amide bonds. The molecule has 0 aliphatic heterocycles. The molecule has 0 bridgehead atoms. The summed E-state index contributed by atoms with van der Waals surface area (Å²) in [6.45, 7) is 4.21. The molecule has 0 saturated carbocycles. The van der Waals surface area contributed by atoms with Crippen LogP contribution in [0.3, 0.4) is 0 Å². The lowest BCUT2D eigenvalue weighted by Crippen LogP contribution is -2.28. The van der Waals surface area contributed by atoms with Crippen molar-refractivity contribution in [2.24, 2.45) is 0 Å². The van der Waals surface area contributed by atoms with Gasteiger partial charge in [0.2, 0.25) is 0 Å². The Morgan fingerprint density at radius 3 is 2.60 bits per heavy atom. The minimum absolute atomic E-state index is 0.104. The highest BCUT2D eigenvalue weighted by Gasteiger charge is 2.06. The van der Waals surface area contributed by atoms with Gasteiger partial charge in [-0.15, -0.1) is 0 Å². The molecule has 0 radical (unpaired) electrons. The van der Waals surface area contributed by atoms with Crippen molar-refractivity contribution in [1.29, 1.82) is 0 Å². The molecule has 0 unspecified atom stereocenters. The molecule has 128 valence electrons. The first-order chi connectivity index (χ1) is 12.0. The molecule has 5 nitrogen and oxygen atoms in total. The number of hydrogen-bond acceptors (Lipinski definition) is 4. The number of nitrogens with one attached hydrogen (secondary N) is 1. The zero-order chi connectivity index (χ0) is 17.8. The number of carbonyl (C=O) groups excluding carboxylic acids is 1. The smallest absolute Gasteiger partial charge is 0.336 e. The maximum absolute atomic E-state index is 11.9. The fourth-order valence-corrected chi connectivity index (χ4v) is 2.50. The van der Waals surface area contributed by atoms with Gasteiger partial charge in [-0.1, -0.05) is 29.8 Å². The Bertz CT molecular complexity index is 958. The second-order valence-electron chi connectivity index (χ2n) is 5.96. The van der Waals surface area contributed by atoms with Gasteiger partial charge in [0.25, 0.3) is 5.91 Å². The monoisotopic (exact) mass is 337 g/mol. The molecule has 0 aliphatic carbocycles. The lowest BCUT2D eigenvalue weighted by Gasteiger charge is -2.09. The molecule has 1 aromatic heterocycles. The molecule has 0 atom stereocenters. The molecular formula is C20H19NO4. The van der Waals surface area contributed by atoms with Crippen molar-refractivity contribution in [3.05, 3.63) is 75.6 Å². The van der Waals surface area contributed by atoms with Crippen LogP contribution < -0.4 is 15.7 Å². The number of ether oxygens (including phenoxy) is 1. The summed E-state index contributed by atoms with van der Waals surface area (Å²) < 4.78 is 10.7. The van der Waals surface area contributed by atoms with Gasteiger partial charge in [-0.25, -0.2) is 4.79 Å². The van der Waals surface area contributed by atoms with Crippen LogP contribution in [-0.4, -0.2) is 12.5 Å². The van der Waals surface area contributed by atoms with Gasteiger partial charge in [-0.3, -0.25) is 4.79 Å². The van der Waals surface area contributed by atoms with Crippen molar-refractivity contribution in [3.8, 4) is 5.75 Å². The van der Waals surface area contributed by atoms with Gasteiger partial charge in [0.05, 0.1) is 0 Å². The predicted octanol–water partition coefficient (Wildman–Crippen LogP) is 3.11. The van der Waals surface area contributed by atoms with Crippen molar-refractivity contribution in [2.75, 3.05) is 6.61 Å². The summed E-state index contributed by atoms with van der Waals surface area (Å²) in [5.74, 6) is 0.262. The van der Waals surface area contributed by atoms with Crippen LogP contribution in [-0.2, 0) is 11.3 Å². The van der Waals surface area contributed by atoms with Crippen molar-refractivity contribution in [3.63, 3.8) is 0 Å². The Balaban J connectivity index is 1.59. The number of carbonyl (C=O) groups is 1. The van der Waals surface area contributed by atoms with Crippen LogP contribution in [0.25, 0.3) is 11.0 Å². The van der Waals surface area contributed by atoms with Gasteiger partial charge in [-0.05, 0) is 37.1 Å². The van der Waals surface area contributed by atoms with Crippen LogP contribution in [0.15, 0.2) is 57.7 Å². The zero-order valence-corrected chi connectivity index (χ0v) is 14.2. The third-order valence-electron chi connectivity index (χ3n) is 3.90. The number of amides is 1. The van der Waals surface area contributed by atoms with Crippen molar-refractivity contribution >= 4 is 16.9 Å². The number of aryl methyl sites for hydroxylation is 2. The van der Waals surface area contributed by atoms with E-state index in [0.717, 1.165) is 16.5 Å². The highest BCUT2D eigenvalue weighted by atomic mass is 16.5. The van der Waals surface area contributed by atoms with E-state index in [4.69, 9.17) is 9.15 Å². The highest BCUT2D eigenvalue weighted by Crippen LogP contribution is 2.22. The van der Waals surface area contributed by atoms with E-state index in [9.17, 15) is 9.59 Å². The first kappa shape index (κ1) is 16.8. The average Bonchev–Trinajstić information content (AvgIpc) is 2.59. The standard InChI is InChI=1S/C20H19NO4/c1-13-3-5-15(6-4-13)11-21-19(22)12-24-16-7-8-17-14(2)9-20(23)25-18(17)10-16/h3-10H,11-12H2,1-2H3,(H,21,22). The van der Waals surface area contributed by atoms with E-state index >= 15 is 0 Å². The Labute approximate surface area is 145 Å². The number of benzene rings is 2. The molecule has 3 aromatic rings. The minimum Gasteiger partial charge on any atom is -0.484 e. The molecule has 0 aliphatic rings. The second-order valence-corrected chi connectivity index (χ2v) is 5.96. The van der Waals surface area contributed by atoms with Gasteiger partial charge in [0.15, 0.2) is 6.61 Å². The quantitative estimate of drug-likeness (QED) is 0.727. The molecule has 3 rings (SSSR count). The number of fused-ring (bicyclic) bond motifs is 1. The van der Waals surface area contributed by atoms with Gasteiger partial charge >= 0.3 is 5.63 Å². The Morgan fingerprint density at radius 2 is 1.84 bits per heavy atom. The lowest BCUT2D eigenvalue weighted by atomic mass is 10.1. The normalized spacial score (nSPS) is 10.6. The van der Waals surface area contributed by atoms with E-state index in [1.165, 1.54) is 11.6 Å². The predicted molar refractivity (Wildman–Crippen MR) is 95.7 cm³/mol. The molecule has 25 heavy (non-hydrogen) atoms. The summed E-state index contributed by atoms with van der Waals surface area (Å²) in [5.41, 5.74) is 3.09. The van der Waals surface area contributed by atoms with Crippen molar-refractivity contribution in [2.45, 2.75) is 20.4 Å². The van der Waals surface area contributed by atoms with Crippen molar-refractivity contribution in [1.82, 2.24) is 5.32 Å². The van der Waals surface area contributed by atoms with E-state index in [1.54, 1.807) is 12.1 Å². The summed E-state index contributed by atoms with van der Waals surface area (Å²) in [5, 5.41) is 3.65. The number of rotatable bonds is 5.